The van der Waals surface area contributed by atoms with Crippen LogP contribution in [0.15, 0.2) is 12.2 Å². The van der Waals surface area contributed by atoms with Gasteiger partial charge in [0, 0.05) is 6.92 Å². The lowest BCUT2D eigenvalue weighted by Gasteiger charge is -2.03. The minimum Gasteiger partial charge on any atom is -0.432 e. The maximum absolute atomic E-state index is 10.3. The van der Waals surface area contributed by atoms with Gasteiger partial charge >= 0.3 is 5.97 Å². The number of esters is 1. The van der Waals surface area contributed by atoms with Crippen molar-refractivity contribution < 1.29 is 14.6 Å². The second-order valence-corrected chi connectivity index (χ2v) is 2.22. The van der Waals surface area contributed by atoms with E-state index in [1.54, 1.807) is 6.08 Å². The Morgan fingerprint density at radius 1 is 1.73 bits per heavy atom. The van der Waals surface area contributed by atoms with Gasteiger partial charge in [-0.1, -0.05) is 19.4 Å². The fourth-order valence-electron chi connectivity index (χ4n) is 0.589. The van der Waals surface area contributed by atoms with Gasteiger partial charge in [0.2, 0.25) is 6.29 Å². The SMILES string of the molecule is CCC/C=C/C(O)OC(C)=O. The summed E-state index contributed by atoms with van der Waals surface area (Å²) in [5, 5.41) is 8.92. The summed E-state index contributed by atoms with van der Waals surface area (Å²) in [6.07, 6.45) is 4.07. The van der Waals surface area contributed by atoms with Gasteiger partial charge in [-0.05, 0) is 12.5 Å². The molecule has 0 aliphatic heterocycles. The summed E-state index contributed by atoms with van der Waals surface area (Å²) < 4.78 is 4.43. The normalized spacial score (nSPS) is 13.4. The first-order chi connectivity index (χ1) is 5.16. The van der Waals surface area contributed by atoms with E-state index in [4.69, 9.17) is 5.11 Å². The largest absolute Gasteiger partial charge is 0.432 e. The number of aliphatic hydroxyl groups excluding tert-OH is 1. The van der Waals surface area contributed by atoms with Crippen LogP contribution in [0.4, 0.5) is 0 Å². The van der Waals surface area contributed by atoms with E-state index in [-0.39, 0.29) is 0 Å². The van der Waals surface area contributed by atoms with Gasteiger partial charge in [0.1, 0.15) is 0 Å². The van der Waals surface area contributed by atoms with Gasteiger partial charge in [0.15, 0.2) is 0 Å². The summed E-state index contributed by atoms with van der Waals surface area (Å²) in [6, 6.07) is 0. The summed E-state index contributed by atoms with van der Waals surface area (Å²) >= 11 is 0. The Morgan fingerprint density at radius 2 is 2.36 bits per heavy atom. The van der Waals surface area contributed by atoms with E-state index < -0.39 is 12.3 Å². The quantitative estimate of drug-likeness (QED) is 0.380. The zero-order chi connectivity index (χ0) is 8.69. The van der Waals surface area contributed by atoms with E-state index in [0.29, 0.717) is 0 Å². The second kappa shape index (κ2) is 5.92. The van der Waals surface area contributed by atoms with Crippen molar-refractivity contribution in [3.63, 3.8) is 0 Å². The van der Waals surface area contributed by atoms with Crippen LogP contribution in [-0.4, -0.2) is 17.4 Å². The molecule has 3 heteroatoms. The number of carbonyl (C=O) groups excluding carboxylic acids is 1. The zero-order valence-electron chi connectivity index (χ0n) is 6.91. The van der Waals surface area contributed by atoms with E-state index >= 15 is 0 Å². The molecule has 11 heavy (non-hydrogen) atoms. The summed E-state index contributed by atoms with van der Waals surface area (Å²) in [4.78, 5) is 10.3. The Labute approximate surface area is 66.7 Å². The second-order valence-electron chi connectivity index (χ2n) is 2.22. The lowest BCUT2D eigenvalue weighted by Crippen LogP contribution is -2.11. The van der Waals surface area contributed by atoms with Crippen LogP contribution in [0.3, 0.4) is 0 Å². The number of allylic oxidation sites excluding steroid dienone is 1. The molecule has 1 unspecified atom stereocenters. The highest BCUT2D eigenvalue weighted by Crippen LogP contribution is 1.94. The van der Waals surface area contributed by atoms with Crippen LogP contribution < -0.4 is 0 Å². The molecule has 0 aliphatic carbocycles. The molecule has 0 radical (unpaired) electrons. The monoisotopic (exact) mass is 158 g/mol. The minimum absolute atomic E-state index is 0.473. The Morgan fingerprint density at radius 3 is 2.82 bits per heavy atom. The van der Waals surface area contributed by atoms with Crippen LogP contribution in [0.25, 0.3) is 0 Å². The molecule has 0 rings (SSSR count). The predicted octanol–water partition coefficient (Wildman–Crippen LogP) is 1.22. The molecule has 64 valence electrons. The highest BCUT2D eigenvalue weighted by atomic mass is 16.6. The van der Waals surface area contributed by atoms with Gasteiger partial charge in [-0.2, -0.15) is 0 Å². The number of aliphatic hydroxyl groups is 1. The third kappa shape index (κ3) is 7.06. The fourth-order valence-corrected chi connectivity index (χ4v) is 0.589. The van der Waals surface area contributed by atoms with Crippen molar-refractivity contribution in [3.8, 4) is 0 Å². The first-order valence-electron chi connectivity index (χ1n) is 3.68. The summed E-state index contributed by atoms with van der Waals surface area (Å²) in [5.41, 5.74) is 0. The Kier molecular flexibility index (Phi) is 5.47. The summed E-state index contributed by atoms with van der Waals surface area (Å²) in [7, 11) is 0. The lowest BCUT2D eigenvalue weighted by molar-refractivity contribution is -0.157. The summed E-state index contributed by atoms with van der Waals surface area (Å²) in [6.45, 7) is 3.29. The number of rotatable bonds is 4. The molecule has 0 fully saturated rings. The van der Waals surface area contributed by atoms with Crippen LogP contribution >= 0.6 is 0 Å². The highest BCUT2D eigenvalue weighted by Gasteiger charge is 1.99. The van der Waals surface area contributed by atoms with Crippen LogP contribution in [0.1, 0.15) is 26.7 Å². The Hall–Kier alpha value is -0.830. The van der Waals surface area contributed by atoms with Crippen LogP contribution in [-0.2, 0) is 9.53 Å². The van der Waals surface area contributed by atoms with E-state index in [1.165, 1.54) is 13.0 Å². The van der Waals surface area contributed by atoms with E-state index in [2.05, 4.69) is 4.74 Å². The minimum atomic E-state index is -1.08. The molecule has 0 aromatic carbocycles. The smallest absolute Gasteiger partial charge is 0.305 e. The van der Waals surface area contributed by atoms with Gasteiger partial charge in [-0.15, -0.1) is 0 Å². The topological polar surface area (TPSA) is 46.5 Å². The maximum atomic E-state index is 10.3. The first-order valence-corrected chi connectivity index (χ1v) is 3.68. The molecule has 0 aliphatic rings. The molecule has 0 aromatic heterocycles. The van der Waals surface area contributed by atoms with Gasteiger partial charge in [-0.25, -0.2) is 0 Å². The molecule has 0 saturated heterocycles. The molecule has 0 bridgehead atoms. The number of hydrogen-bond acceptors (Lipinski definition) is 3. The van der Waals surface area contributed by atoms with Crippen molar-refractivity contribution in [2.45, 2.75) is 33.0 Å². The summed E-state index contributed by atoms with van der Waals surface area (Å²) in [5.74, 6) is -0.473. The predicted molar refractivity (Wildman–Crippen MR) is 41.8 cm³/mol. The number of unbranched alkanes of at least 4 members (excludes halogenated alkanes) is 1. The number of ether oxygens (including phenoxy) is 1. The standard InChI is InChI=1S/C8H14O3/c1-3-4-5-6-8(10)11-7(2)9/h5-6,8,10H,3-4H2,1-2H3/b6-5+. The van der Waals surface area contributed by atoms with E-state index in [9.17, 15) is 4.79 Å². The lowest BCUT2D eigenvalue weighted by atomic mass is 10.3. The van der Waals surface area contributed by atoms with E-state index in [1.807, 2.05) is 6.92 Å². The average Bonchev–Trinajstić information content (AvgIpc) is 1.86. The van der Waals surface area contributed by atoms with Gasteiger partial charge in [0.25, 0.3) is 0 Å². The van der Waals surface area contributed by atoms with Crippen molar-refractivity contribution in [2.75, 3.05) is 0 Å². The Balaban J connectivity index is 3.50. The molecule has 0 spiro atoms. The first kappa shape index (κ1) is 10.2. The van der Waals surface area contributed by atoms with Crippen molar-refractivity contribution >= 4 is 5.97 Å². The average molecular weight is 158 g/mol. The number of carbonyl (C=O) groups is 1. The van der Waals surface area contributed by atoms with Crippen LogP contribution in [0.2, 0.25) is 0 Å². The molecular weight excluding hydrogens is 144 g/mol. The highest BCUT2D eigenvalue weighted by molar-refractivity contribution is 5.66. The zero-order valence-corrected chi connectivity index (χ0v) is 6.91. The fraction of sp³-hybridized carbons (Fsp3) is 0.625. The Bertz CT molecular complexity index is 140. The van der Waals surface area contributed by atoms with Crippen molar-refractivity contribution in [1.29, 1.82) is 0 Å². The molecule has 0 saturated carbocycles. The molecule has 0 aromatic rings. The molecular formula is C8H14O3. The van der Waals surface area contributed by atoms with Gasteiger partial charge in [-0.3, -0.25) is 4.79 Å². The van der Waals surface area contributed by atoms with E-state index in [0.717, 1.165) is 12.8 Å². The van der Waals surface area contributed by atoms with Gasteiger partial charge in [0.05, 0.1) is 0 Å². The molecule has 1 atom stereocenters. The van der Waals surface area contributed by atoms with Crippen LogP contribution in [0.5, 0.6) is 0 Å². The van der Waals surface area contributed by atoms with Crippen molar-refractivity contribution in [1.82, 2.24) is 0 Å². The number of hydrogen-bond donors (Lipinski definition) is 1. The van der Waals surface area contributed by atoms with Crippen molar-refractivity contribution in [3.05, 3.63) is 12.2 Å². The maximum Gasteiger partial charge on any atom is 0.305 e. The third-order valence-electron chi connectivity index (χ3n) is 1.04. The molecule has 3 nitrogen and oxygen atoms in total. The van der Waals surface area contributed by atoms with Gasteiger partial charge < -0.3 is 9.84 Å². The molecule has 0 heterocycles. The molecule has 1 N–H and O–H groups in total. The van der Waals surface area contributed by atoms with Crippen molar-refractivity contribution in [2.24, 2.45) is 0 Å². The van der Waals surface area contributed by atoms with Crippen LogP contribution in [0, 0.1) is 0 Å². The third-order valence-corrected chi connectivity index (χ3v) is 1.04. The molecule has 0 amide bonds.